The molecule has 21 heavy (non-hydrogen) atoms. The lowest BCUT2D eigenvalue weighted by Gasteiger charge is -2.11. The summed E-state index contributed by atoms with van der Waals surface area (Å²) in [6, 6.07) is 6.74. The zero-order valence-electron chi connectivity index (χ0n) is 12.3. The van der Waals surface area contributed by atoms with E-state index < -0.39 is 0 Å². The van der Waals surface area contributed by atoms with Crippen LogP contribution in [-0.4, -0.2) is 35.8 Å². The molecule has 1 N–H and O–H groups in total. The molecule has 0 saturated heterocycles. The maximum Gasteiger partial charge on any atom is 0.306 e. The Hall–Kier alpha value is -1.82. The Bertz CT molecular complexity index is 513. The molecule has 114 valence electrons. The highest BCUT2D eigenvalue weighted by Gasteiger charge is 2.14. The SMILES string of the molecule is COC(=O)CCS[C@H](C)C(=O)Nc1ccc(C(C)=O)cc1. The number of esters is 1. The molecule has 0 aliphatic heterocycles. The number of anilines is 1. The molecule has 1 aromatic carbocycles. The van der Waals surface area contributed by atoms with E-state index >= 15 is 0 Å². The molecule has 0 bridgehead atoms. The summed E-state index contributed by atoms with van der Waals surface area (Å²) in [5.41, 5.74) is 1.25. The molecule has 0 fully saturated rings. The summed E-state index contributed by atoms with van der Waals surface area (Å²) in [5.74, 6) is 0.0971. The van der Waals surface area contributed by atoms with Gasteiger partial charge >= 0.3 is 5.97 Å². The van der Waals surface area contributed by atoms with E-state index in [9.17, 15) is 14.4 Å². The van der Waals surface area contributed by atoms with Gasteiger partial charge in [0.05, 0.1) is 18.8 Å². The molecule has 1 aromatic rings. The van der Waals surface area contributed by atoms with Gasteiger partial charge in [-0.05, 0) is 38.1 Å². The Labute approximate surface area is 128 Å². The minimum Gasteiger partial charge on any atom is -0.469 e. The van der Waals surface area contributed by atoms with Crippen molar-refractivity contribution in [2.24, 2.45) is 0 Å². The van der Waals surface area contributed by atoms with Crippen molar-refractivity contribution in [2.75, 3.05) is 18.2 Å². The fourth-order valence-electron chi connectivity index (χ4n) is 1.53. The maximum atomic E-state index is 12.0. The van der Waals surface area contributed by atoms with Crippen molar-refractivity contribution >= 4 is 35.1 Å². The van der Waals surface area contributed by atoms with Crippen molar-refractivity contribution in [2.45, 2.75) is 25.5 Å². The average molecular weight is 309 g/mol. The first-order valence-electron chi connectivity index (χ1n) is 6.54. The molecule has 0 heterocycles. The highest BCUT2D eigenvalue weighted by atomic mass is 32.2. The highest BCUT2D eigenvalue weighted by molar-refractivity contribution is 8.00. The lowest BCUT2D eigenvalue weighted by Crippen LogP contribution is -2.23. The van der Waals surface area contributed by atoms with Crippen molar-refractivity contribution in [1.29, 1.82) is 0 Å². The lowest BCUT2D eigenvalue weighted by atomic mass is 10.1. The number of methoxy groups -OCH3 is 1. The summed E-state index contributed by atoms with van der Waals surface area (Å²) in [5, 5.41) is 2.50. The molecule has 5 nitrogen and oxygen atoms in total. The van der Waals surface area contributed by atoms with Crippen LogP contribution in [0.1, 0.15) is 30.6 Å². The second-order valence-corrected chi connectivity index (χ2v) is 5.91. The molecule has 1 amide bonds. The summed E-state index contributed by atoms with van der Waals surface area (Å²) in [7, 11) is 1.34. The first-order valence-corrected chi connectivity index (χ1v) is 7.59. The van der Waals surface area contributed by atoms with Crippen LogP contribution < -0.4 is 5.32 Å². The summed E-state index contributed by atoms with van der Waals surface area (Å²) >= 11 is 1.39. The summed E-state index contributed by atoms with van der Waals surface area (Å²) in [6.45, 7) is 3.27. The van der Waals surface area contributed by atoms with Gasteiger partial charge in [0.25, 0.3) is 0 Å². The van der Waals surface area contributed by atoms with E-state index in [0.29, 0.717) is 17.0 Å². The van der Waals surface area contributed by atoms with Crippen molar-refractivity contribution in [3.05, 3.63) is 29.8 Å². The van der Waals surface area contributed by atoms with Gasteiger partial charge < -0.3 is 10.1 Å². The van der Waals surface area contributed by atoms with Gasteiger partial charge in [0.2, 0.25) is 5.91 Å². The molecular formula is C15H19NO4S. The van der Waals surface area contributed by atoms with Crippen molar-refractivity contribution in [1.82, 2.24) is 0 Å². The minimum absolute atomic E-state index is 0.0142. The maximum absolute atomic E-state index is 12.0. The second kappa shape index (κ2) is 8.46. The molecule has 1 rings (SSSR count). The zero-order valence-corrected chi connectivity index (χ0v) is 13.2. The topological polar surface area (TPSA) is 72.5 Å². The number of nitrogens with one attached hydrogen (secondary N) is 1. The van der Waals surface area contributed by atoms with Gasteiger partial charge in [-0.3, -0.25) is 14.4 Å². The molecule has 0 aliphatic carbocycles. The Morgan fingerprint density at radius 1 is 1.24 bits per heavy atom. The van der Waals surface area contributed by atoms with Crippen LogP contribution >= 0.6 is 11.8 Å². The van der Waals surface area contributed by atoms with Gasteiger partial charge in [0, 0.05) is 17.0 Å². The van der Waals surface area contributed by atoms with Crippen molar-refractivity contribution in [3.63, 3.8) is 0 Å². The molecular weight excluding hydrogens is 290 g/mol. The number of Topliss-reactive ketones (excluding diaryl/α,β-unsaturated/α-hetero) is 1. The van der Waals surface area contributed by atoms with Gasteiger partial charge in [-0.1, -0.05) is 0 Å². The van der Waals surface area contributed by atoms with Gasteiger partial charge in [-0.25, -0.2) is 0 Å². The number of ketones is 1. The number of benzene rings is 1. The van der Waals surface area contributed by atoms with Crippen LogP contribution in [0.25, 0.3) is 0 Å². The molecule has 0 saturated carbocycles. The molecule has 6 heteroatoms. The third-order valence-electron chi connectivity index (χ3n) is 2.83. The van der Waals surface area contributed by atoms with Crippen LogP contribution in [0, 0.1) is 0 Å². The number of hydrogen-bond donors (Lipinski definition) is 1. The normalized spacial score (nSPS) is 11.6. The molecule has 0 aliphatic rings. The van der Waals surface area contributed by atoms with Crippen LogP contribution in [0.15, 0.2) is 24.3 Å². The second-order valence-electron chi connectivity index (χ2n) is 4.46. The Morgan fingerprint density at radius 3 is 2.38 bits per heavy atom. The third-order valence-corrected chi connectivity index (χ3v) is 3.98. The number of ether oxygens (including phenoxy) is 1. The minimum atomic E-state index is -0.282. The third kappa shape index (κ3) is 5.99. The van der Waals surface area contributed by atoms with E-state index in [1.54, 1.807) is 31.2 Å². The number of thioether (sulfide) groups is 1. The quantitative estimate of drug-likeness (QED) is 0.619. The highest BCUT2D eigenvalue weighted by Crippen LogP contribution is 2.16. The van der Waals surface area contributed by atoms with E-state index in [4.69, 9.17) is 0 Å². The van der Waals surface area contributed by atoms with Crippen LogP contribution in [-0.2, 0) is 14.3 Å². The molecule has 0 unspecified atom stereocenters. The van der Waals surface area contributed by atoms with Crippen LogP contribution in [0.3, 0.4) is 0 Å². The Balaban J connectivity index is 2.44. The monoisotopic (exact) mass is 309 g/mol. The van der Waals surface area contributed by atoms with Crippen LogP contribution in [0.2, 0.25) is 0 Å². The number of amides is 1. The lowest BCUT2D eigenvalue weighted by molar-refractivity contribution is -0.140. The van der Waals surface area contributed by atoms with Gasteiger partial charge in [0.1, 0.15) is 0 Å². The van der Waals surface area contributed by atoms with Gasteiger partial charge in [-0.2, -0.15) is 0 Å². The molecule has 1 atom stereocenters. The average Bonchev–Trinajstić information content (AvgIpc) is 2.47. The summed E-state index contributed by atoms with van der Waals surface area (Å²) in [6.07, 6.45) is 0.284. The predicted octanol–water partition coefficient (Wildman–Crippen LogP) is 2.51. The van der Waals surface area contributed by atoms with E-state index in [0.717, 1.165) is 0 Å². The first kappa shape index (κ1) is 17.2. The van der Waals surface area contributed by atoms with Crippen molar-refractivity contribution < 1.29 is 19.1 Å². The standard InChI is InChI=1S/C15H19NO4S/c1-10(17)12-4-6-13(7-5-12)16-15(19)11(2)21-9-8-14(18)20-3/h4-7,11H,8-9H2,1-3H3,(H,16,19)/t11-/m1/s1. The van der Waals surface area contributed by atoms with Crippen LogP contribution in [0.4, 0.5) is 5.69 Å². The number of rotatable bonds is 7. The predicted molar refractivity (Wildman–Crippen MR) is 83.6 cm³/mol. The van der Waals surface area contributed by atoms with E-state index in [2.05, 4.69) is 10.1 Å². The van der Waals surface area contributed by atoms with E-state index in [1.807, 2.05) is 0 Å². The zero-order chi connectivity index (χ0) is 15.8. The van der Waals surface area contributed by atoms with Crippen LogP contribution in [0.5, 0.6) is 0 Å². The molecule has 0 radical (unpaired) electrons. The fraction of sp³-hybridized carbons (Fsp3) is 0.400. The van der Waals surface area contributed by atoms with Crippen molar-refractivity contribution in [3.8, 4) is 0 Å². The van der Waals surface area contributed by atoms with E-state index in [-0.39, 0.29) is 29.3 Å². The Morgan fingerprint density at radius 2 is 1.86 bits per heavy atom. The number of carbonyl (C=O) groups excluding carboxylic acids is 3. The number of carbonyl (C=O) groups is 3. The summed E-state index contributed by atoms with van der Waals surface area (Å²) < 4.78 is 4.54. The first-order chi connectivity index (χ1) is 9.93. The number of hydrogen-bond acceptors (Lipinski definition) is 5. The largest absolute Gasteiger partial charge is 0.469 e. The smallest absolute Gasteiger partial charge is 0.306 e. The fourth-order valence-corrected chi connectivity index (χ4v) is 2.38. The van der Waals surface area contributed by atoms with Gasteiger partial charge in [-0.15, -0.1) is 11.8 Å². The summed E-state index contributed by atoms with van der Waals surface area (Å²) in [4.78, 5) is 34.1. The Kier molecular flexibility index (Phi) is 6.94. The molecule has 0 spiro atoms. The van der Waals surface area contributed by atoms with Gasteiger partial charge in [0.15, 0.2) is 5.78 Å². The molecule has 0 aromatic heterocycles. The van der Waals surface area contributed by atoms with E-state index in [1.165, 1.54) is 25.8 Å².